The molecule has 0 bridgehead atoms. The highest BCUT2D eigenvalue weighted by Gasteiger charge is 2.18. The van der Waals surface area contributed by atoms with Crippen molar-refractivity contribution in [2.45, 2.75) is 31.6 Å². The standard InChI is InChI=1S/C12H15ClFNO3S/c1-3-8(4-2)12(16)15-9-5-6-11(10(14)7-9)19(13,17)18/h5-8H,3-4H2,1-2H3,(H,15,16). The van der Waals surface area contributed by atoms with Crippen molar-refractivity contribution in [2.24, 2.45) is 5.92 Å². The van der Waals surface area contributed by atoms with Crippen molar-refractivity contribution in [2.75, 3.05) is 5.32 Å². The minimum absolute atomic E-state index is 0.153. The van der Waals surface area contributed by atoms with E-state index in [1.54, 1.807) is 0 Å². The summed E-state index contributed by atoms with van der Waals surface area (Å²) in [7, 11) is 0.942. The zero-order valence-corrected chi connectivity index (χ0v) is 12.2. The summed E-state index contributed by atoms with van der Waals surface area (Å²) in [6, 6.07) is 3.27. The Kier molecular flexibility index (Phi) is 5.31. The third kappa shape index (κ3) is 4.18. The highest BCUT2D eigenvalue weighted by Crippen LogP contribution is 2.22. The van der Waals surface area contributed by atoms with Gasteiger partial charge in [0.2, 0.25) is 5.91 Å². The molecule has 1 amide bonds. The molecule has 106 valence electrons. The fourth-order valence-corrected chi connectivity index (χ4v) is 2.58. The number of amides is 1. The molecule has 0 aromatic heterocycles. The van der Waals surface area contributed by atoms with Gasteiger partial charge in [0, 0.05) is 22.3 Å². The third-order valence-corrected chi connectivity index (χ3v) is 4.17. The molecule has 0 saturated carbocycles. The smallest absolute Gasteiger partial charge is 0.264 e. The quantitative estimate of drug-likeness (QED) is 0.850. The Hall–Kier alpha value is -1.14. The van der Waals surface area contributed by atoms with Gasteiger partial charge in [-0.15, -0.1) is 0 Å². The van der Waals surface area contributed by atoms with Crippen LogP contribution in [0.5, 0.6) is 0 Å². The van der Waals surface area contributed by atoms with Gasteiger partial charge in [-0.25, -0.2) is 12.8 Å². The predicted octanol–water partition coefficient (Wildman–Crippen LogP) is 3.13. The Labute approximate surface area is 116 Å². The average molecular weight is 308 g/mol. The molecule has 0 atom stereocenters. The number of hydrogen-bond acceptors (Lipinski definition) is 3. The van der Waals surface area contributed by atoms with Crippen molar-refractivity contribution in [1.82, 2.24) is 0 Å². The zero-order chi connectivity index (χ0) is 14.6. The molecule has 1 aromatic rings. The maximum absolute atomic E-state index is 13.5. The van der Waals surface area contributed by atoms with Gasteiger partial charge in [0.1, 0.15) is 10.7 Å². The van der Waals surface area contributed by atoms with E-state index in [4.69, 9.17) is 10.7 Å². The largest absolute Gasteiger partial charge is 0.326 e. The lowest BCUT2D eigenvalue weighted by atomic mass is 10.0. The van der Waals surface area contributed by atoms with Crippen LogP contribution in [0.1, 0.15) is 26.7 Å². The molecule has 1 N–H and O–H groups in total. The second-order valence-electron chi connectivity index (χ2n) is 4.09. The van der Waals surface area contributed by atoms with Gasteiger partial charge >= 0.3 is 0 Å². The van der Waals surface area contributed by atoms with Gasteiger partial charge in [0.05, 0.1) is 0 Å². The van der Waals surface area contributed by atoms with Gasteiger partial charge in [-0.2, -0.15) is 0 Å². The summed E-state index contributed by atoms with van der Waals surface area (Å²) in [6.07, 6.45) is 1.36. The molecule has 0 radical (unpaired) electrons. The molecule has 0 fully saturated rings. The van der Waals surface area contributed by atoms with Crippen LogP contribution in [0.2, 0.25) is 0 Å². The van der Waals surface area contributed by atoms with Gasteiger partial charge < -0.3 is 5.32 Å². The van der Waals surface area contributed by atoms with Crippen molar-refractivity contribution in [3.8, 4) is 0 Å². The van der Waals surface area contributed by atoms with E-state index in [1.165, 1.54) is 6.07 Å². The Morgan fingerprint density at radius 1 is 1.37 bits per heavy atom. The maximum atomic E-state index is 13.5. The average Bonchev–Trinajstić information content (AvgIpc) is 2.28. The van der Waals surface area contributed by atoms with Crippen LogP contribution in [0.25, 0.3) is 0 Å². The molecule has 0 aliphatic carbocycles. The van der Waals surface area contributed by atoms with Gasteiger partial charge in [-0.1, -0.05) is 13.8 Å². The van der Waals surface area contributed by atoms with Crippen molar-refractivity contribution in [3.05, 3.63) is 24.0 Å². The summed E-state index contributed by atoms with van der Waals surface area (Å²) in [5, 5.41) is 2.55. The number of nitrogens with one attached hydrogen (secondary N) is 1. The van der Waals surface area contributed by atoms with E-state index in [0.717, 1.165) is 12.1 Å². The fraction of sp³-hybridized carbons (Fsp3) is 0.417. The zero-order valence-electron chi connectivity index (χ0n) is 10.6. The van der Waals surface area contributed by atoms with Gasteiger partial charge in [0.15, 0.2) is 0 Å². The van der Waals surface area contributed by atoms with E-state index < -0.39 is 19.8 Å². The van der Waals surface area contributed by atoms with Crippen LogP contribution in [0.15, 0.2) is 23.1 Å². The van der Waals surface area contributed by atoms with Crippen molar-refractivity contribution < 1.29 is 17.6 Å². The molecule has 7 heteroatoms. The molecule has 1 aromatic carbocycles. The van der Waals surface area contributed by atoms with Gasteiger partial charge in [0.25, 0.3) is 9.05 Å². The molecule has 0 saturated heterocycles. The van der Waals surface area contributed by atoms with E-state index in [0.29, 0.717) is 12.8 Å². The molecule has 0 aliphatic rings. The topological polar surface area (TPSA) is 63.2 Å². The first kappa shape index (κ1) is 15.9. The van der Waals surface area contributed by atoms with Crippen LogP contribution in [-0.2, 0) is 13.8 Å². The fourth-order valence-electron chi connectivity index (χ4n) is 1.68. The summed E-state index contributed by atoms with van der Waals surface area (Å²) in [5.41, 5.74) is 0.207. The molecule has 0 unspecified atom stereocenters. The van der Waals surface area contributed by atoms with E-state index in [-0.39, 0.29) is 17.5 Å². The minimum Gasteiger partial charge on any atom is -0.326 e. The number of carbonyl (C=O) groups is 1. The monoisotopic (exact) mass is 307 g/mol. The van der Waals surface area contributed by atoms with Gasteiger partial charge in [-0.05, 0) is 31.0 Å². The lowest BCUT2D eigenvalue weighted by Crippen LogP contribution is -2.21. The number of halogens is 2. The number of rotatable bonds is 5. The van der Waals surface area contributed by atoms with Crippen LogP contribution in [0, 0.1) is 11.7 Å². The Morgan fingerprint density at radius 3 is 2.37 bits per heavy atom. The molecule has 0 spiro atoms. The first-order valence-corrected chi connectivity index (χ1v) is 8.15. The summed E-state index contributed by atoms with van der Waals surface area (Å²) in [4.78, 5) is 11.2. The van der Waals surface area contributed by atoms with E-state index >= 15 is 0 Å². The van der Waals surface area contributed by atoms with Crippen LogP contribution in [-0.4, -0.2) is 14.3 Å². The molecule has 0 aliphatic heterocycles. The van der Waals surface area contributed by atoms with Crippen molar-refractivity contribution in [3.63, 3.8) is 0 Å². The third-order valence-electron chi connectivity index (χ3n) is 2.82. The summed E-state index contributed by atoms with van der Waals surface area (Å²) in [5.74, 6) is -1.36. The first-order valence-electron chi connectivity index (χ1n) is 5.84. The first-order chi connectivity index (χ1) is 8.79. The molecule has 0 heterocycles. The number of anilines is 1. The van der Waals surface area contributed by atoms with Crippen LogP contribution >= 0.6 is 10.7 Å². The number of benzene rings is 1. The molecular weight excluding hydrogens is 293 g/mol. The summed E-state index contributed by atoms with van der Waals surface area (Å²) in [6.45, 7) is 3.77. The van der Waals surface area contributed by atoms with E-state index in [1.807, 2.05) is 13.8 Å². The normalized spacial score (nSPS) is 11.6. The van der Waals surface area contributed by atoms with Crippen molar-refractivity contribution >= 4 is 31.3 Å². The minimum atomic E-state index is -4.12. The maximum Gasteiger partial charge on any atom is 0.264 e. The predicted molar refractivity (Wildman–Crippen MR) is 72.1 cm³/mol. The highest BCUT2D eigenvalue weighted by molar-refractivity contribution is 8.13. The van der Waals surface area contributed by atoms with Crippen molar-refractivity contribution in [1.29, 1.82) is 0 Å². The lowest BCUT2D eigenvalue weighted by molar-refractivity contribution is -0.120. The Morgan fingerprint density at radius 2 is 1.95 bits per heavy atom. The highest BCUT2D eigenvalue weighted by atomic mass is 35.7. The Balaban J connectivity index is 2.94. The molecule has 19 heavy (non-hydrogen) atoms. The second kappa shape index (κ2) is 6.34. The van der Waals surface area contributed by atoms with E-state index in [9.17, 15) is 17.6 Å². The van der Waals surface area contributed by atoms with Crippen LogP contribution in [0.4, 0.5) is 10.1 Å². The SMILES string of the molecule is CCC(CC)C(=O)Nc1ccc(S(=O)(=O)Cl)c(F)c1. The Bertz CT molecular complexity index is 570. The van der Waals surface area contributed by atoms with Crippen LogP contribution in [0.3, 0.4) is 0 Å². The molecule has 1 rings (SSSR count). The molecular formula is C12H15ClFNO3S. The van der Waals surface area contributed by atoms with Gasteiger partial charge in [-0.3, -0.25) is 4.79 Å². The number of hydrogen-bond donors (Lipinski definition) is 1. The molecule has 4 nitrogen and oxygen atoms in total. The van der Waals surface area contributed by atoms with Crippen LogP contribution < -0.4 is 5.32 Å². The lowest BCUT2D eigenvalue weighted by Gasteiger charge is -2.13. The summed E-state index contributed by atoms with van der Waals surface area (Å²) < 4.78 is 35.6. The second-order valence-corrected chi connectivity index (χ2v) is 6.62. The summed E-state index contributed by atoms with van der Waals surface area (Å²) >= 11 is 0. The number of carbonyl (C=O) groups excluding carboxylic acids is 1. The van der Waals surface area contributed by atoms with E-state index in [2.05, 4.69) is 5.32 Å².